The molecule has 8 nitrogen and oxygen atoms in total. The predicted molar refractivity (Wildman–Crippen MR) is 112 cm³/mol. The fourth-order valence-electron chi connectivity index (χ4n) is 3.18. The number of rotatable bonds is 6. The van der Waals surface area contributed by atoms with E-state index in [1.54, 1.807) is 25.1 Å². The smallest absolute Gasteiger partial charge is 0.261 e. The van der Waals surface area contributed by atoms with Crippen molar-refractivity contribution in [2.75, 3.05) is 22.3 Å². The number of halogens is 1. The lowest BCUT2D eigenvalue weighted by atomic mass is 10.0. The Bertz CT molecular complexity index is 1200. The van der Waals surface area contributed by atoms with Crippen LogP contribution in [0.2, 0.25) is 0 Å². The van der Waals surface area contributed by atoms with Gasteiger partial charge in [-0.2, -0.15) is 4.31 Å². The molecular weight excluding hydrogens is 433 g/mol. The summed E-state index contributed by atoms with van der Waals surface area (Å²) >= 11 is 0. The van der Waals surface area contributed by atoms with E-state index in [0.717, 1.165) is 11.6 Å². The van der Waals surface area contributed by atoms with Crippen LogP contribution in [0.5, 0.6) is 0 Å². The number of anilines is 2. The lowest BCUT2D eigenvalue weighted by Crippen LogP contribution is -2.36. The van der Waals surface area contributed by atoms with Gasteiger partial charge in [0.1, 0.15) is 5.82 Å². The van der Waals surface area contributed by atoms with Crippen LogP contribution in [0.1, 0.15) is 25.0 Å². The molecule has 3 rings (SSSR count). The molecule has 0 fully saturated rings. The van der Waals surface area contributed by atoms with Gasteiger partial charge in [0.05, 0.1) is 16.3 Å². The van der Waals surface area contributed by atoms with Crippen LogP contribution in [-0.2, 0) is 37.8 Å². The van der Waals surface area contributed by atoms with Gasteiger partial charge >= 0.3 is 0 Å². The molecule has 0 atom stereocenters. The minimum atomic E-state index is -4.09. The van der Waals surface area contributed by atoms with Crippen molar-refractivity contribution in [3.8, 4) is 0 Å². The Kier molecular flexibility index (Phi) is 6.16. The first-order valence-corrected chi connectivity index (χ1v) is 12.3. The SMILES string of the molecule is CCS(=O)(=O)N1CCc2ccc(NS(=O)(=O)c3ccc(NC(C)=O)c(F)c3)cc2C1. The maximum Gasteiger partial charge on any atom is 0.261 e. The molecule has 30 heavy (non-hydrogen) atoms. The van der Waals surface area contributed by atoms with Crippen molar-refractivity contribution in [3.05, 3.63) is 53.3 Å². The fraction of sp³-hybridized carbons (Fsp3) is 0.316. The summed E-state index contributed by atoms with van der Waals surface area (Å²) in [6.45, 7) is 3.34. The van der Waals surface area contributed by atoms with E-state index in [4.69, 9.17) is 0 Å². The second kappa shape index (κ2) is 8.32. The topological polar surface area (TPSA) is 113 Å². The number of carbonyl (C=O) groups excluding carboxylic acids is 1. The molecule has 0 aliphatic carbocycles. The highest BCUT2D eigenvalue weighted by Gasteiger charge is 2.26. The third-order valence-corrected chi connectivity index (χ3v) is 7.96. The maximum atomic E-state index is 14.1. The highest BCUT2D eigenvalue weighted by molar-refractivity contribution is 7.92. The van der Waals surface area contributed by atoms with Gasteiger partial charge in [0.2, 0.25) is 15.9 Å². The molecule has 1 amide bonds. The molecule has 1 aliphatic rings. The lowest BCUT2D eigenvalue weighted by Gasteiger charge is -2.28. The number of hydrogen-bond donors (Lipinski definition) is 2. The second-order valence-corrected chi connectivity index (χ2v) is 10.8. The van der Waals surface area contributed by atoms with E-state index in [2.05, 4.69) is 10.0 Å². The van der Waals surface area contributed by atoms with Gasteiger partial charge in [-0.25, -0.2) is 21.2 Å². The van der Waals surface area contributed by atoms with Gasteiger partial charge in [-0.15, -0.1) is 0 Å². The van der Waals surface area contributed by atoms with Gasteiger partial charge in [-0.05, 0) is 54.8 Å². The summed E-state index contributed by atoms with van der Waals surface area (Å²) < 4.78 is 67.5. The Balaban J connectivity index is 1.84. The number of hydrogen-bond acceptors (Lipinski definition) is 5. The minimum absolute atomic E-state index is 0.00526. The molecule has 0 radical (unpaired) electrons. The summed E-state index contributed by atoms with van der Waals surface area (Å²) in [6, 6.07) is 8.11. The molecule has 1 aliphatic heterocycles. The van der Waals surface area contributed by atoms with Crippen LogP contribution in [0.3, 0.4) is 0 Å². The predicted octanol–water partition coefficient (Wildman–Crippen LogP) is 2.29. The number of benzene rings is 2. The molecular formula is C19H22FN3O5S2. The maximum absolute atomic E-state index is 14.1. The van der Waals surface area contributed by atoms with E-state index in [-0.39, 0.29) is 28.6 Å². The first-order valence-electron chi connectivity index (χ1n) is 9.21. The van der Waals surface area contributed by atoms with Crippen molar-refractivity contribution < 1.29 is 26.0 Å². The van der Waals surface area contributed by atoms with Crippen LogP contribution < -0.4 is 10.0 Å². The molecule has 1 heterocycles. The Labute approximate surface area is 175 Å². The third kappa shape index (κ3) is 4.79. The molecule has 2 aromatic carbocycles. The van der Waals surface area contributed by atoms with Gasteiger partial charge in [0.15, 0.2) is 0 Å². The normalized spacial score (nSPS) is 14.8. The van der Waals surface area contributed by atoms with Gasteiger partial charge in [0, 0.05) is 25.7 Å². The second-order valence-electron chi connectivity index (χ2n) is 6.90. The molecule has 162 valence electrons. The number of amides is 1. The molecule has 2 aromatic rings. The molecule has 0 saturated carbocycles. The van der Waals surface area contributed by atoms with Gasteiger partial charge < -0.3 is 5.32 Å². The third-order valence-electron chi connectivity index (χ3n) is 4.76. The number of sulfonamides is 2. The summed E-state index contributed by atoms with van der Waals surface area (Å²) in [7, 11) is -7.44. The largest absolute Gasteiger partial charge is 0.324 e. The van der Waals surface area contributed by atoms with Gasteiger partial charge in [-0.1, -0.05) is 6.07 Å². The Morgan fingerprint density at radius 2 is 1.83 bits per heavy atom. The van der Waals surface area contributed by atoms with Crippen LogP contribution in [0, 0.1) is 5.82 Å². The molecule has 0 bridgehead atoms. The van der Waals surface area contributed by atoms with Crippen LogP contribution >= 0.6 is 0 Å². The van der Waals surface area contributed by atoms with E-state index >= 15 is 0 Å². The highest BCUT2D eigenvalue weighted by atomic mass is 32.2. The first-order chi connectivity index (χ1) is 14.0. The van der Waals surface area contributed by atoms with Crippen molar-refractivity contribution in [1.82, 2.24) is 4.31 Å². The zero-order valence-electron chi connectivity index (χ0n) is 16.5. The van der Waals surface area contributed by atoms with E-state index in [0.29, 0.717) is 18.5 Å². The Hall–Kier alpha value is -2.50. The number of nitrogens with one attached hydrogen (secondary N) is 2. The molecule has 2 N–H and O–H groups in total. The lowest BCUT2D eigenvalue weighted by molar-refractivity contribution is -0.114. The number of nitrogens with zero attached hydrogens (tertiary/aromatic N) is 1. The van der Waals surface area contributed by atoms with E-state index in [9.17, 15) is 26.0 Å². The van der Waals surface area contributed by atoms with Crippen molar-refractivity contribution in [1.29, 1.82) is 0 Å². The summed E-state index contributed by atoms with van der Waals surface area (Å²) in [5.74, 6) is -1.36. The zero-order valence-corrected chi connectivity index (χ0v) is 18.1. The quantitative estimate of drug-likeness (QED) is 0.694. The molecule has 0 aromatic heterocycles. The van der Waals surface area contributed by atoms with Crippen LogP contribution in [0.15, 0.2) is 41.3 Å². The molecule has 0 unspecified atom stereocenters. The summed E-state index contributed by atoms with van der Waals surface area (Å²) in [5, 5.41) is 2.27. The van der Waals surface area contributed by atoms with Crippen molar-refractivity contribution in [2.24, 2.45) is 0 Å². The van der Waals surface area contributed by atoms with E-state index in [1.165, 1.54) is 23.4 Å². The van der Waals surface area contributed by atoms with Crippen LogP contribution in [0.4, 0.5) is 15.8 Å². The van der Waals surface area contributed by atoms with Gasteiger partial charge in [0.25, 0.3) is 10.0 Å². The summed E-state index contributed by atoms with van der Waals surface area (Å²) in [5.41, 5.74) is 1.79. The number of carbonyl (C=O) groups is 1. The van der Waals surface area contributed by atoms with Crippen molar-refractivity contribution in [2.45, 2.75) is 31.7 Å². The minimum Gasteiger partial charge on any atom is -0.324 e. The monoisotopic (exact) mass is 455 g/mol. The Morgan fingerprint density at radius 1 is 1.10 bits per heavy atom. The summed E-state index contributed by atoms with van der Waals surface area (Å²) in [4.78, 5) is 10.8. The Morgan fingerprint density at radius 3 is 2.47 bits per heavy atom. The fourth-order valence-corrected chi connectivity index (χ4v) is 5.31. The van der Waals surface area contributed by atoms with E-state index in [1.807, 2.05) is 0 Å². The standard InChI is InChI=1S/C19H22FN3O5S2/c1-3-29(25,26)23-9-8-14-4-5-16(10-15(14)12-23)22-30(27,28)17-6-7-19(18(20)11-17)21-13(2)24/h4-7,10-11,22H,3,8-9,12H2,1-2H3,(H,21,24). The average molecular weight is 456 g/mol. The zero-order chi connectivity index (χ0) is 22.1. The average Bonchev–Trinajstić information content (AvgIpc) is 2.68. The highest BCUT2D eigenvalue weighted by Crippen LogP contribution is 2.27. The van der Waals surface area contributed by atoms with E-state index < -0.39 is 31.8 Å². The molecule has 11 heteroatoms. The van der Waals surface area contributed by atoms with Crippen molar-refractivity contribution >= 4 is 37.3 Å². The van der Waals surface area contributed by atoms with Crippen LogP contribution in [0.25, 0.3) is 0 Å². The molecule has 0 spiro atoms. The molecule has 0 saturated heterocycles. The van der Waals surface area contributed by atoms with Gasteiger partial charge in [-0.3, -0.25) is 9.52 Å². The first kappa shape index (κ1) is 22.2. The van der Waals surface area contributed by atoms with Crippen LogP contribution in [-0.4, -0.2) is 39.3 Å². The van der Waals surface area contributed by atoms with Crippen molar-refractivity contribution in [3.63, 3.8) is 0 Å². The number of fused-ring (bicyclic) bond motifs is 1. The summed E-state index contributed by atoms with van der Waals surface area (Å²) in [6.07, 6.45) is 0.539.